The molecule has 1 aliphatic rings. The molecule has 0 spiro atoms. The molecule has 6 nitrogen and oxygen atoms in total. The summed E-state index contributed by atoms with van der Waals surface area (Å²) in [6.45, 7) is 2.07. The van der Waals surface area contributed by atoms with Crippen LogP contribution in [0.4, 0.5) is 4.39 Å². The van der Waals surface area contributed by atoms with Crippen LogP contribution in [0.15, 0.2) is 41.2 Å². The van der Waals surface area contributed by atoms with Gasteiger partial charge in [-0.15, -0.1) is 0 Å². The first-order valence-corrected chi connectivity index (χ1v) is 11.0. The number of imidazole rings is 1. The van der Waals surface area contributed by atoms with E-state index in [-0.39, 0.29) is 23.5 Å². The lowest BCUT2D eigenvalue weighted by Gasteiger charge is -2.29. The lowest BCUT2D eigenvalue weighted by atomic mass is 10.0. The van der Waals surface area contributed by atoms with Crippen LogP contribution < -0.4 is 11.0 Å². The number of hydrogen-bond acceptors (Lipinski definition) is 3. The molecule has 1 fully saturated rings. The topological polar surface area (TPSA) is 81.0 Å². The Hall–Kier alpha value is -2.64. The summed E-state index contributed by atoms with van der Waals surface area (Å²) in [5.74, 6) is -0.398. The lowest BCUT2D eigenvalue weighted by molar-refractivity contribution is -0.121. The van der Waals surface area contributed by atoms with Gasteiger partial charge in [0.25, 0.3) is 0 Å². The molecule has 3 aromatic rings. The van der Waals surface area contributed by atoms with E-state index in [0.717, 1.165) is 48.9 Å². The minimum absolute atomic E-state index is 0.0622. The number of nitrogens with one attached hydrogen (secondary N) is 3. The number of halogens is 2. The highest BCUT2D eigenvalue weighted by Gasteiger charge is 2.28. The summed E-state index contributed by atoms with van der Waals surface area (Å²) in [5, 5.41) is 3.37. The van der Waals surface area contributed by atoms with E-state index in [4.69, 9.17) is 11.6 Å². The van der Waals surface area contributed by atoms with Gasteiger partial charge in [-0.3, -0.25) is 9.69 Å². The zero-order chi connectivity index (χ0) is 21.8. The van der Waals surface area contributed by atoms with Gasteiger partial charge in [-0.2, -0.15) is 0 Å². The Morgan fingerprint density at radius 3 is 2.71 bits per heavy atom. The van der Waals surface area contributed by atoms with Crippen molar-refractivity contribution in [2.24, 2.45) is 0 Å². The van der Waals surface area contributed by atoms with Gasteiger partial charge in [-0.05, 0) is 68.6 Å². The molecule has 164 valence electrons. The molecule has 2 heterocycles. The molecule has 3 N–H and O–H groups in total. The van der Waals surface area contributed by atoms with Crippen LogP contribution in [0.3, 0.4) is 0 Å². The summed E-state index contributed by atoms with van der Waals surface area (Å²) in [7, 11) is 0. The second kappa shape index (κ2) is 9.66. The summed E-state index contributed by atoms with van der Waals surface area (Å²) in [6, 6.07) is 10.2. The molecule has 2 aromatic carbocycles. The number of benzene rings is 2. The molecule has 0 saturated carbocycles. The fourth-order valence-corrected chi connectivity index (χ4v) is 4.57. The van der Waals surface area contributed by atoms with E-state index in [1.165, 1.54) is 6.07 Å². The monoisotopic (exact) mass is 444 g/mol. The standard InChI is InChI=1S/C23H26ClFN4O2/c24-16-6-4-7-17(25)22(16)20(29-11-1-2-12-29)14-26-21(30)8-3-5-15-9-10-18-19(13-15)28-23(31)27-18/h4,6-7,9-10,13,20H,1-3,5,8,11-12,14H2,(H,26,30)(H2,27,28,31). The molecule has 1 amide bonds. The number of amides is 1. The Kier molecular flexibility index (Phi) is 6.73. The van der Waals surface area contributed by atoms with Crippen molar-refractivity contribution >= 4 is 28.5 Å². The van der Waals surface area contributed by atoms with E-state index in [1.807, 2.05) is 18.2 Å². The van der Waals surface area contributed by atoms with Crippen LogP contribution in [0.1, 0.15) is 42.9 Å². The summed E-state index contributed by atoms with van der Waals surface area (Å²) >= 11 is 6.31. The minimum Gasteiger partial charge on any atom is -0.354 e. The summed E-state index contributed by atoms with van der Waals surface area (Å²) in [4.78, 5) is 31.5. The number of likely N-dealkylation sites (tertiary alicyclic amines) is 1. The predicted octanol–water partition coefficient (Wildman–Crippen LogP) is 3.92. The molecular formula is C23H26ClFN4O2. The van der Waals surface area contributed by atoms with E-state index >= 15 is 0 Å². The van der Waals surface area contributed by atoms with Crippen LogP contribution in [0.5, 0.6) is 0 Å². The third-order valence-corrected chi connectivity index (χ3v) is 6.19. The van der Waals surface area contributed by atoms with Crippen LogP contribution in [0.2, 0.25) is 5.02 Å². The van der Waals surface area contributed by atoms with E-state index in [1.54, 1.807) is 12.1 Å². The third kappa shape index (κ3) is 5.17. The van der Waals surface area contributed by atoms with Crippen LogP contribution in [0, 0.1) is 5.82 Å². The first-order valence-electron chi connectivity index (χ1n) is 10.7. The highest BCUT2D eigenvalue weighted by atomic mass is 35.5. The minimum atomic E-state index is -0.336. The van der Waals surface area contributed by atoms with Crippen molar-refractivity contribution in [2.75, 3.05) is 19.6 Å². The average molecular weight is 445 g/mol. The van der Waals surface area contributed by atoms with Crippen molar-refractivity contribution in [3.63, 3.8) is 0 Å². The zero-order valence-electron chi connectivity index (χ0n) is 17.2. The van der Waals surface area contributed by atoms with Crippen LogP contribution in [-0.2, 0) is 11.2 Å². The summed E-state index contributed by atoms with van der Waals surface area (Å²) < 4.78 is 14.5. The Bertz CT molecular complexity index is 1100. The fraction of sp³-hybridized carbons (Fsp3) is 0.391. The average Bonchev–Trinajstić information content (AvgIpc) is 3.38. The first kappa shape index (κ1) is 21.6. The molecule has 1 aliphatic heterocycles. The van der Waals surface area contributed by atoms with Gasteiger partial charge in [0.1, 0.15) is 5.82 Å². The zero-order valence-corrected chi connectivity index (χ0v) is 18.0. The van der Waals surface area contributed by atoms with Gasteiger partial charge < -0.3 is 15.3 Å². The van der Waals surface area contributed by atoms with Crippen LogP contribution in [-0.4, -0.2) is 40.4 Å². The molecule has 1 atom stereocenters. The number of carbonyl (C=O) groups is 1. The van der Waals surface area contributed by atoms with Crippen molar-refractivity contribution in [3.05, 3.63) is 68.8 Å². The van der Waals surface area contributed by atoms with Crippen molar-refractivity contribution in [3.8, 4) is 0 Å². The number of aromatic amines is 2. The molecule has 8 heteroatoms. The van der Waals surface area contributed by atoms with Gasteiger partial charge in [-0.1, -0.05) is 23.7 Å². The molecular weight excluding hydrogens is 419 g/mol. The molecule has 31 heavy (non-hydrogen) atoms. The Balaban J connectivity index is 1.33. The van der Waals surface area contributed by atoms with E-state index in [9.17, 15) is 14.0 Å². The molecule has 1 saturated heterocycles. The first-order chi connectivity index (χ1) is 15.0. The van der Waals surface area contributed by atoms with Gasteiger partial charge in [-0.25, -0.2) is 9.18 Å². The summed E-state index contributed by atoms with van der Waals surface area (Å²) in [6.07, 6.45) is 3.91. The number of aryl methyl sites for hydroxylation is 1. The molecule has 1 unspecified atom stereocenters. The number of hydrogen-bond donors (Lipinski definition) is 3. The maximum atomic E-state index is 14.5. The van der Waals surface area contributed by atoms with E-state index in [0.29, 0.717) is 30.0 Å². The Labute approximate surface area is 184 Å². The van der Waals surface area contributed by atoms with E-state index < -0.39 is 0 Å². The van der Waals surface area contributed by atoms with Gasteiger partial charge in [0.2, 0.25) is 5.91 Å². The quantitative estimate of drug-likeness (QED) is 0.492. The third-order valence-electron chi connectivity index (χ3n) is 5.86. The normalized spacial score (nSPS) is 15.4. The van der Waals surface area contributed by atoms with Gasteiger partial charge in [0.15, 0.2) is 0 Å². The smallest absolute Gasteiger partial charge is 0.323 e. The molecule has 4 rings (SSSR count). The van der Waals surface area contributed by atoms with Gasteiger partial charge in [0, 0.05) is 23.6 Å². The maximum absolute atomic E-state index is 14.5. The number of aromatic nitrogens is 2. The largest absolute Gasteiger partial charge is 0.354 e. The fourth-order valence-electron chi connectivity index (χ4n) is 4.28. The number of H-pyrrole nitrogens is 2. The molecule has 0 bridgehead atoms. The molecule has 1 aromatic heterocycles. The SMILES string of the molecule is O=C(CCCc1ccc2[nH]c(=O)[nH]c2c1)NCC(c1c(F)cccc1Cl)N1CCCC1. The molecule has 0 aliphatic carbocycles. The van der Waals surface area contributed by atoms with E-state index in [2.05, 4.69) is 20.2 Å². The predicted molar refractivity (Wildman–Crippen MR) is 120 cm³/mol. The van der Waals surface area contributed by atoms with Crippen molar-refractivity contribution in [2.45, 2.75) is 38.1 Å². The van der Waals surface area contributed by atoms with Crippen molar-refractivity contribution in [1.82, 2.24) is 20.2 Å². The highest BCUT2D eigenvalue weighted by Crippen LogP contribution is 2.32. The van der Waals surface area contributed by atoms with Crippen molar-refractivity contribution in [1.29, 1.82) is 0 Å². The van der Waals surface area contributed by atoms with Crippen molar-refractivity contribution < 1.29 is 9.18 Å². The van der Waals surface area contributed by atoms with Gasteiger partial charge in [0.05, 0.1) is 17.1 Å². The maximum Gasteiger partial charge on any atom is 0.323 e. The number of rotatable bonds is 8. The Morgan fingerprint density at radius 1 is 1.16 bits per heavy atom. The highest BCUT2D eigenvalue weighted by molar-refractivity contribution is 6.31. The number of fused-ring (bicyclic) bond motifs is 1. The summed E-state index contributed by atoms with van der Waals surface area (Å²) in [5.41, 5.74) is 2.83. The second-order valence-electron chi connectivity index (χ2n) is 8.01. The number of carbonyl (C=O) groups excluding carboxylic acids is 1. The molecule has 0 radical (unpaired) electrons. The lowest BCUT2D eigenvalue weighted by Crippen LogP contribution is -2.37. The Morgan fingerprint density at radius 2 is 1.94 bits per heavy atom. The van der Waals surface area contributed by atoms with Crippen LogP contribution in [0.25, 0.3) is 11.0 Å². The van der Waals surface area contributed by atoms with Crippen LogP contribution >= 0.6 is 11.6 Å². The number of nitrogens with zero attached hydrogens (tertiary/aromatic N) is 1. The second-order valence-corrected chi connectivity index (χ2v) is 8.42. The van der Waals surface area contributed by atoms with Gasteiger partial charge >= 0.3 is 5.69 Å².